The number of rotatable bonds is 2. The highest BCUT2D eigenvalue weighted by atomic mass is 15.2. The number of hydrogen-bond donors (Lipinski definition) is 1. The zero-order chi connectivity index (χ0) is 10.3. The molecule has 1 N–H and O–H groups in total. The van der Waals surface area contributed by atoms with Crippen molar-refractivity contribution in [1.29, 1.82) is 0 Å². The summed E-state index contributed by atoms with van der Waals surface area (Å²) in [5.41, 5.74) is 3.41. The number of likely N-dealkylation sites (N-methyl/N-ethyl adjacent to an activating group) is 1. The van der Waals surface area contributed by atoms with Crippen molar-refractivity contribution < 1.29 is 0 Å². The van der Waals surface area contributed by atoms with Gasteiger partial charge < -0.3 is 10.2 Å². The fraction of sp³-hybridized carbons (Fsp3) is 0.538. The Balaban J connectivity index is 1.93. The molecule has 1 fully saturated rings. The van der Waals surface area contributed by atoms with Crippen LogP contribution >= 0.6 is 0 Å². The van der Waals surface area contributed by atoms with Crippen molar-refractivity contribution in [1.82, 2.24) is 10.2 Å². The minimum absolute atomic E-state index is 0.348. The molecule has 0 aromatic rings. The van der Waals surface area contributed by atoms with Gasteiger partial charge in [0.05, 0.1) is 5.54 Å². The van der Waals surface area contributed by atoms with Crippen molar-refractivity contribution in [2.75, 3.05) is 20.1 Å². The van der Waals surface area contributed by atoms with E-state index in [0.29, 0.717) is 5.54 Å². The van der Waals surface area contributed by atoms with Gasteiger partial charge in [0, 0.05) is 19.3 Å². The number of allylic oxidation sites excluding steroid dienone is 2. The molecule has 1 spiro atoms. The Morgan fingerprint density at radius 3 is 3.27 bits per heavy atom. The summed E-state index contributed by atoms with van der Waals surface area (Å²) in [5, 5.41) is 3.26. The zero-order valence-corrected chi connectivity index (χ0v) is 9.29. The van der Waals surface area contributed by atoms with Crippen LogP contribution in [0.15, 0.2) is 35.6 Å². The first kappa shape index (κ1) is 9.22. The summed E-state index contributed by atoms with van der Waals surface area (Å²) in [6, 6.07) is 0. The second-order valence-corrected chi connectivity index (χ2v) is 4.80. The maximum atomic E-state index is 3.26. The van der Waals surface area contributed by atoms with E-state index in [2.05, 4.69) is 34.6 Å². The first-order valence-corrected chi connectivity index (χ1v) is 5.85. The van der Waals surface area contributed by atoms with Gasteiger partial charge in [0.25, 0.3) is 0 Å². The Bertz CT molecular complexity index is 365. The molecule has 3 rings (SSSR count). The minimum Gasteiger partial charge on any atom is -0.367 e. The molecule has 0 bridgehead atoms. The fourth-order valence-corrected chi connectivity index (χ4v) is 3.25. The highest BCUT2D eigenvalue weighted by Crippen LogP contribution is 2.46. The van der Waals surface area contributed by atoms with E-state index in [9.17, 15) is 0 Å². The third-order valence-electron chi connectivity index (χ3n) is 3.93. The van der Waals surface area contributed by atoms with E-state index in [1.54, 1.807) is 0 Å². The molecule has 0 amide bonds. The van der Waals surface area contributed by atoms with Gasteiger partial charge >= 0.3 is 0 Å². The second-order valence-electron chi connectivity index (χ2n) is 4.80. The highest BCUT2D eigenvalue weighted by molar-refractivity contribution is 5.46. The Morgan fingerprint density at radius 1 is 1.47 bits per heavy atom. The zero-order valence-electron chi connectivity index (χ0n) is 9.29. The lowest BCUT2D eigenvalue weighted by Crippen LogP contribution is -2.40. The molecule has 1 unspecified atom stereocenters. The Morgan fingerprint density at radius 2 is 2.40 bits per heavy atom. The van der Waals surface area contributed by atoms with Crippen molar-refractivity contribution in [3.05, 3.63) is 35.6 Å². The summed E-state index contributed by atoms with van der Waals surface area (Å²) in [6.45, 7) is 2.26. The van der Waals surface area contributed by atoms with Gasteiger partial charge in [-0.15, -0.1) is 0 Å². The predicted molar refractivity (Wildman–Crippen MR) is 62.5 cm³/mol. The largest absolute Gasteiger partial charge is 0.367 e. The Kier molecular flexibility index (Phi) is 1.99. The van der Waals surface area contributed by atoms with Crippen LogP contribution in [0.1, 0.15) is 19.3 Å². The van der Waals surface area contributed by atoms with Crippen LogP contribution in [-0.4, -0.2) is 30.6 Å². The van der Waals surface area contributed by atoms with Gasteiger partial charge in [0.1, 0.15) is 0 Å². The van der Waals surface area contributed by atoms with Crippen molar-refractivity contribution in [3.8, 4) is 0 Å². The Hall–Kier alpha value is -1.02. The number of nitrogens with zero attached hydrogens (tertiary/aromatic N) is 1. The van der Waals surface area contributed by atoms with E-state index in [4.69, 9.17) is 0 Å². The SMILES string of the molecule is CNCC1=CC=C2C=CN3CCCC23C1. The summed E-state index contributed by atoms with van der Waals surface area (Å²) in [7, 11) is 2.02. The monoisotopic (exact) mass is 202 g/mol. The van der Waals surface area contributed by atoms with E-state index in [1.165, 1.54) is 37.0 Å². The summed E-state index contributed by atoms with van der Waals surface area (Å²) in [4.78, 5) is 2.54. The fourth-order valence-electron chi connectivity index (χ4n) is 3.25. The molecule has 0 radical (unpaired) electrons. The van der Waals surface area contributed by atoms with Crippen LogP contribution in [0.3, 0.4) is 0 Å². The van der Waals surface area contributed by atoms with Gasteiger partial charge in [-0.2, -0.15) is 0 Å². The quantitative estimate of drug-likeness (QED) is 0.735. The average Bonchev–Trinajstić information content (AvgIpc) is 2.74. The van der Waals surface area contributed by atoms with E-state index >= 15 is 0 Å². The third kappa shape index (κ3) is 1.21. The molecule has 2 heteroatoms. The van der Waals surface area contributed by atoms with Gasteiger partial charge in [0.2, 0.25) is 0 Å². The van der Waals surface area contributed by atoms with Crippen LogP contribution < -0.4 is 5.32 Å². The van der Waals surface area contributed by atoms with Crippen LogP contribution in [0.5, 0.6) is 0 Å². The van der Waals surface area contributed by atoms with Crippen molar-refractivity contribution in [3.63, 3.8) is 0 Å². The van der Waals surface area contributed by atoms with Crippen LogP contribution in [0.4, 0.5) is 0 Å². The molecule has 3 aliphatic rings. The van der Waals surface area contributed by atoms with Crippen LogP contribution in [0, 0.1) is 0 Å². The van der Waals surface area contributed by atoms with Crippen LogP contribution in [0.2, 0.25) is 0 Å². The van der Waals surface area contributed by atoms with Gasteiger partial charge in [-0.05, 0) is 38.0 Å². The number of hydrogen-bond acceptors (Lipinski definition) is 2. The lowest BCUT2D eigenvalue weighted by atomic mass is 9.79. The van der Waals surface area contributed by atoms with Gasteiger partial charge in [-0.25, -0.2) is 0 Å². The third-order valence-corrected chi connectivity index (χ3v) is 3.93. The lowest BCUT2D eigenvalue weighted by molar-refractivity contribution is 0.262. The Labute approximate surface area is 91.3 Å². The maximum absolute atomic E-state index is 3.26. The van der Waals surface area contributed by atoms with E-state index < -0.39 is 0 Å². The van der Waals surface area contributed by atoms with Crippen molar-refractivity contribution in [2.24, 2.45) is 0 Å². The normalized spacial score (nSPS) is 32.5. The topological polar surface area (TPSA) is 15.3 Å². The van der Waals surface area contributed by atoms with Gasteiger partial charge in [-0.3, -0.25) is 0 Å². The van der Waals surface area contributed by atoms with E-state index in [1.807, 2.05) is 7.05 Å². The smallest absolute Gasteiger partial charge is 0.0687 e. The summed E-state index contributed by atoms with van der Waals surface area (Å²) >= 11 is 0. The van der Waals surface area contributed by atoms with Crippen LogP contribution in [0.25, 0.3) is 0 Å². The lowest BCUT2D eigenvalue weighted by Gasteiger charge is -2.37. The number of nitrogens with one attached hydrogen (secondary N) is 1. The standard InChI is InChI=1S/C13H18N2/c1-14-10-11-3-4-12-5-8-15-7-2-6-13(12,15)9-11/h3-5,8,14H,2,6-7,9-10H2,1H3. The van der Waals surface area contributed by atoms with Gasteiger partial charge in [-0.1, -0.05) is 17.7 Å². The van der Waals surface area contributed by atoms with Crippen molar-refractivity contribution in [2.45, 2.75) is 24.8 Å². The van der Waals surface area contributed by atoms with E-state index in [-0.39, 0.29) is 0 Å². The molecule has 2 heterocycles. The first-order chi connectivity index (χ1) is 7.35. The molecular weight excluding hydrogens is 184 g/mol. The molecular formula is C13H18N2. The average molecular weight is 202 g/mol. The predicted octanol–water partition coefficient (Wildman–Crippen LogP) is 1.82. The molecule has 1 saturated heterocycles. The summed E-state index contributed by atoms with van der Waals surface area (Å²) in [5.74, 6) is 0. The molecule has 1 atom stereocenters. The van der Waals surface area contributed by atoms with Crippen LogP contribution in [-0.2, 0) is 0 Å². The molecule has 1 aliphatic carbocycles. The maximum Gasteiger partial charge on any atom is 0.0687 e. The summed E-state index contributed by atoms with van der Waals surface area (Å²) < 4.78 is 0. The minimum atomic E-state index is 0.348. The molecule has 15 heavy (non-hydrogen) atoms. The molecule has 0 aromatic carbocycles. The first-order valence-electron chi connectivity index (χ1n) is 5.85. The van der Waals surface area contributed by atoms with Crippen molar-refractivity contribution >= 4 is 0 Å². The molecule has 80 valence electrons. The molecule has 2 aliphatic heterocycles. The molecule has 2 nitrogen and oxygen atoms in total. The molecule has 0 aromatic heterocycles. The summed E-state index contributed by atoms with van der Waals surface area (Å²) in [6.07, 6.45) is 13.1. The highest BCUT2D eigenvalue weighted by Gasteiger charge is 2.45. The second kappa shape index (κ2) is 3.24. The van der Waals surface area contributed by atoms with E-state index in [0.717, 1.165) is 6.54 Å². The van der Waals surface area contributed by atoms with Gasteiger partial charge in [0.15, 0.2) is 0 Å². The molecule has 0 saturated carbocycles.